The van der Waals surface area contributed by atoms with Gasteiger partial charge in [-0.2, -0.15) is 5.10 Å². The first-order valence-electron chi connectivity index (χ1n) is 10.2. The van der Waals surface area contributed by atoms with Crippen LogP contribution in [0.2, 0.25) is 10.0 Å². The van der Waals surface area contributed by atoms with E-state index in [1.807, 2.05) is 0 Å². The third kappa shape index (κ3) is 5.37. The Labute approximate surface area is 199 Å². The van der Waals surface area contributed by atoms with E-state index in [-0.39, 0.29) is 5.58 Å². The van der Waals surface area contributed by atoms with Gasteiger partial charge in [-0.05, 0) is 31.4 Å². The molecule has 4 aromatic rings. The average Bonchev–Trinajstić information content (AvgIpc) is 3.32. The monoisotopic (exact) mass is 489 g/mol. The zero-order valence-electron chi connectivity index (χ0n) is 17.8. The minimum atomic E-state index is -0.558. The molecule has 11 heteroatoms. The molecule has 4 rings (SSSR count). The van der Waals surface area contributed by atoms with Gasteiger partial charge in [0.05, 0.1) is 35.1 Å². The van der Waals surface area contributed by atoms with Crippen molar-refractivity contribution in [2.75, 3.05) is 19.0 Å². The molecule has 0 aliphatic rings. The normalized spacial score (nSPS) is 11.0. The molecule has 0 aliphatic carbocycles. The van der Waals surface area contributed by atoms with Gasteiger partial charge in [-0.25, -0.2) is 9.78 Å². The first kappa shape index (κ1) is 22.9. The summed E-state index contributed by atoms with van der Waals surface area (Å²) in [4.78, 5) is 20.2. The lowest BCUT2D eigenvalue weighted by Crippen LogP contribution is -2.05. The van der Waals surface area contributed by atoms with Crippen molar-refractivity contribution in [3.63, 3.8) is 0 Å². The van der Waals surface area contributed by atoms with Crippen LogP contribution in [0.3, 0.4) is 0 Å². The smallest absolute Gasteiger partial charge is 0.338 e. The van der Waals surface area contributed by atoms with Gasteiger partial charge in [0.2, 0.25) is 5.75 Å². The first-order valence-corrected chi connectivity index (χ1v) is 11.0. The number of nitrogens with zero attached hydrogens (tertiary/aromatic N) is 4. The number of unbranched alkanes of at least 4 members (excludes halogenated alkanes) is 2. The van der Waals surface area contributed by atoms with Crippen molar-refractivity contribution in [2.45, 2.75) is 25.8 Å². The molecule has 9 nitrogen and oxygen atoms in total. The molecular formula is C22H21Cl2N5O4. The topological polar surface area (TPSA) is 104 Å². The van der Waals surface area contributed by atoms with Gasteiger partial charge >= 0.3 is 5.63 Å². The molecule has 3 heterocycles. The highest BCUT2D eigenvalue weighted by Crippen LogP contribution is 2.40. The quantitative estimate of drug-likeness (QED) is 0.242. The maximum Gasteiger partial charge on any atom is 0.338 e. The van der Waals surface area contributed by atoms with E-state index < -0.39 is 5.63 Å². The highest BCUT2D eigenvalue weighted by molar-refractivity contribution is 6.39. The van der Waals surface area contributed by atoms with Crippen molar-refractivity contribution in [1.29, 1.82) is 0 Å². The maximum atomic E-state index is 12.3. The summed E-state index contributed by atoms with van der Waals surface area (Å²) in [5, 5.41) is 8.45. The number of halogens is 2. The second kappa shape index (κ2) is 10.5. The fraction of sp³-hybridized carbons (Fsp3) is 0.273. The molecule has 1 N–H and O–H groups in total. The Bertz CT molecular complexity index is 1270. The van der Waals surface area contributed by atoms with Crippen LogP contribution in [0.25, 0.3) is 11.0 Å². The molecule has 0 spiro atoms. The molecule has 172 valence electrons. The number of nitrogens with one attached hydrogen (secondary N) is 1. The predicted molar refractivity (Wildman–Crippen MR) is 126 cm³/mol. The summed E-state index contributed by atoms with van der Waals surface area (Å²) >= 11 is 12.5. The van der Waals surface area contributed by atoms with Gasteiger partial charge in [0.15, 0.2) is 11.3 Å². The third-order valence-electron chi connectivity index (χ3n) is 4.91. The molecule has 0 saturated heterocycles. The SMILES string of the molecule is COc1ccc2c(Nc3c(Cl)cncc3Cl)cc(=O)oc2c1OCCCCCn1cncn1. The zero-order valence-corrected chi connectivity index (χ0v) is 19.3. The van der Waals surface area contributed by atoms with Crippen molar-refractivity contribution >= 4 is 45.5 Å². The third-order valence-corrected chi connectivity index (χ3v) is 5.48. The Morgan fingerprint density at radius 1 is 1.12 bits per heavy atom. The van der Waals surface area contributed by atoms with Crippen LogP contribution in [0.1, 0.15) is 19.3 Å². The summed E-state index contributed by atoms with van der Waals surface area (Å²) in [7, 11) is 1.53. The van der Waals surface area contributed by atoms with E-state index >= 15 is 0 Å². The average molecular weight is 490 g/mol. The summed E-state index contributed by atoms with van der Waals surface area (Å²) in [6.45, 7) is 1.22. The zero-order chi connectivity index (χ0) is 23.2. The van der Waals surface area contributed by atoms with Gasteiger partial charge in [-0.15, -0.1) is 0 Å². The van der Waals surface area contributed by atoms with E-state index in [1.54, 1.807) is 23.1 Å². The van der Waals surface area contributed by atoms with Gasteiger partial charge in [0, 0.05) is 30.4 Å². The first-order chi connectivity index (χ1) is 16.1. The standard InChI is InChI=1S/C22H21Cl2N5O4/c1-31-18-6-5-14-17(28-20-15(23)10-25-11-16(20)24)9-19(30)33-21(14)22(18)32-8-4-2-3-7-29-13-26-12-27-29/h5-6,9-13H,2-4,7-8H2,1H3,(H,25,28). The lowest BCUT2D eigenvalue weighted by molar-refractivity contribution is 0.282. The van der Waals surface area contributed by atoms with Crippen molar-refractivity contribution in [3.05, 3.63) is 63.7 Å². The molecule has 0 atom stereocenters. The summed E-state index contributed by atoms with van der Waals surface area (Å²) < 4.78 is 18.7. The molecule has 0 amide bonds. The number of methoxy groups -OCH3 is 1. The molecule has 3 aromatic heterocycles. The van der Waals surface area contributed by atoms with E-state index in [4.69, 9.17) is 37.1 Å². The largest absolute Gasteiger partial charge is 0.493 e. The van der Waals surface area contributed by atoms with Crippen LogP contribution < -0.4 is 20.4 Å². The van der Waals surface area contributed by atoms with Crippen LogP contribution in [0.5, 0.6) is 11.5 Å². The molecule has 33 heavy (non-hydrogen) atoms. The Hall–Kier alpha value is -3.30. The number of aromatic nitrogens is 4. The van der Waals surface area contributed by atoms with Crippen LogP contribution in [0, 0.1) is 0 Å². The van der Waals surface area contributed by atoms with E-state index in [9.17, 15) is 4.79 Å². The van der Waals surface area contributed by atoms with Gasteiger partial charge < -0.3 is 19.2 Å². The van der Waals surface area contributed by atoms with Crippen LogP contribution in [-0.4, -0.2) is 33.5 Å². The number of anilines is 2. The minimum absolute atomic E-state index is 0.272. The highest BCUT2D eigenvalue weighted by Gasteiger charge is 2.17. The Morgan fingerprint density at radius 3 is 2.67 bits per heavy atom. The number of hydrogen-bond donors (Lipinski definition) is 1. The summed E-state index contributed by atoms with van der Waals surface area (Å²) in [6, 6.07) is 4.85. The van der Waals surface area contributed by atoms with Crippen molar-refractivity contribution < 1.29 is 13.9 Å². The minimum Gasteiger partial charge on any atom is -0.493 e. The fourth-order valence-electron chi connectivity index (χ4n) is 3.32. The summed E-state index contributed by atoms with van der Waals surface area (Å²) in [5.74, 6) is 0.823. The molecule has 0 radical (unpaired) electrons. The van der Waals surface area contributed by atoms with Crippen molar-refractivity contribution in [3.8, 4) is 11.5 Å². The molecule has 0 fully saturated rings. The Kier molecular flexibility index (Phi) is 7.31. The van der Waals surface area contributed by atoms with Crippen LogP contribution >= 0.6 is 23.2 Å². The van der Waals surface area contributed by atoms with E-state index in [1.165, 1.54) is 31.9 Å². The van der Waals surface area contributed by atoms with Crippen molar-refractivity contribution in [1.82, 2.24) is 19.7 Å². The molecule has 0 aliphatic heterocycles. The lowest BCUT2D eigenvalue weighted by atomic mass is 10.1. The van der Waals surface area contributed by atoms with Crippen LogP contribution in [0.15, 0.2) is 52.5 Å². The summed E-state index contributed by atoms with van der Waals surface area (Å²) in [5.41, 5.74) is 0.619. The summed E-state index contributed by atoms with van der Waals surface area (Å²) in [6.07, 6.45) is 8.81. The molecule has 0 bridgehead atoms. The maximum absolute atomic E-state index is 12.3. The molecular weight excluding hydrogens is 469 g/mol. The number of rotatable bonds is 10. The predicted octanol–water partition coefficient (Wildman–Crippen LogP) is 5.09. The number of ether oxygens (including phenoxy) is 2. The van der Waals surface area contributed by atoms with Crippen LogP contribution in [-0.2, 0) is 6.54 Å². The molecule has 1 aromatic carbocycles. The van der Waals surface area contributed by atoms with Gasteiger partial charge in [-0.1, -0.05) is 23.2 Å². The Morgan fingerprint density at radius 2 is 1.94 bits per heavy atom. The van der Waals surface area contributed by atoms with E-state index in [0.29, 0.717) is 44.9 Å². The van der Waals surface area contributed by atoms with Gasteiger partial charge in [0.1, 0.15) is 12.7 Å². The lowest BCUT2D eigenvalue weighted by Gasteiger charge is -2.15. The number of pyridine rings is 1. The number of aryl methyl sites for hydroxylation is 1. The van der Waals surface area contributed by atoms with E-state index in [2.05, 4.69) is 20.4 Å². The van der Waals surface area contributed by atoms with Crippen molar-refractivity contribution in [2.24, 2.45) is 0 Å². The fourth-order valence-corrected chi connectivity index (χ4v) is 3.78. The second-order valence-electron chi connectivity index (χ2n) is 7.12. The Balaban J connectivity index is 1.55. The molecule has 0 saturated carbocycles. The van der Waals surface area contributed by atoms with Gasteiger partial charge in [0.25, 0.3) is 0 Å². The number of hydrogen-bond acceptors (Lipinski definition) is 8. The highest BCUT2D eigenvalue weighted by atomic mass is 35.5. The van der Waals surface area contributed by atoms with Gasteiger partial charge in [-0.3, -0.25) is 9.67 Å². The van der Waals surface area contributed by atoms with Crippen LogP contribution in [0.4, 0.5) is 11.4 Å². The second-order valence-corrected chi connectivity index (χ2v) is 7.94. The van der Waals surface area contributed by atoms with E-state index in [0.717, 1.165) is 25.8 Å². The molecule has 0 unspecified atom stereocenters. The number of benzene rings is 1. The number of fused-ring (bicyclic) bond motifs is 1.